The molecule has 1 saturated heterocycles. The first-order chi connectivity index (χ1) is 13.2. The number of piperazine rings is 1. The Kier molecular flexibility index (Phi) is 5.18. The van der Waals surface area contributed by atoms with Gasteiger partial charge >= 0.3 is 0 Å². The first-order valence-electron chi connectivity index (χ1n) is 9.22. The third-order valence-electron chi connectivity index (χ3n) is 5.13. The van der Waals surface area contributed by atoms with Gasteiger partial charge in [-0.05, 0) is 24.6 Å². The zero-order chi connectivity index (χ0) is 18.8. The predicted octanol–water partition coefficient (Wildman–Crippen LogP) is 2.16. The lowest BCUT2D eigenvalue weighted by molar-refractivity contribution is 0.0959. The Balaban J connectivity index is 1.38. The van der Waals surface area contributed by atoms with Crippen molar-refractivity contribution >= 4 is 22.4 Å². The Morgan fingerprint density at radius 2 is 1.93 bits per heavy atom. The van der Waals surface area contributed by atoms with Crippen molar-refractivity contribution < 1.29 is 14.3 Å². The molecule has 144 valence electrons. The number of ether oxygens (including phenoxy) is 2. The normalized spacial score (nSPS) is 18.2. The maximum absolute atomic E-state index is 11.7. The molecule has 0 unspecified atom stereocenters. The Labute approximate surface area is 162 Å². The molecule has 0 saturated carbocycles. The molecule has 8 heteroatoms. The zero-order valence-electron chi connectivity index (χ0n) is 15.6. The molecule has 1 atom stereocenters. The standard InChI is InChI=1S/C19H24N4O3S/c1-13(14-3-4-16-17(11-14)26-10-9-25-16)22-5-7-23(8-6-22)19-21-15(12-27-19)18(24)20-2/h3-4,11-13H,5-10H2,1-2H3,(H,20,24)/t13-/m0/s1. The second kappa shape index (κ2) is 7.74. The van der Waals surface area contributed by atoms with Crippen LogP contribution in [0.25, 0.3) is 0 Å². The van der Waals surface area contributed by atoms with E-state index in [0.29, 0.717) is 24.9 Å². The number of amides is 1. The third kappa shape index (κ3) is 3.72. The van der Waals surface area contributed by atoms with E-state index in [9.17, 15) is 4.79 Å². The highest BCUT2D eigenvalue weighted by Crippen LogP contribution is 2.34. The second-order valence-electron chi connectivity index (χ2n) is 6.70. The molecule has 1 fully saturated rings. The van der Waals surface area contributed by atoms with E-state index in [4.69, 9.17) is 9.47 Å². The van der Waals surface area contributed by atoms with Gasteiger partial charge in [-0.3, -0.25) is 9.69 Å². The Morgan fingerprint density at radius 3 is 2.67 bits per heavy atom. The van der Waals surface area contributed by atoms with Crippen LogP contribution in [0.4, 0.5) is 5.13 Å². The lowest BCUT2D eigenvalue weighted by Gasteiger charge is -2.38. The molecule has 27 heavy (non-hydrogen) atoms. The van der Waals surface area contributed by atoms with Crippen molar-refractivity contribution in [2.75, 3.05) is 51.3 Å². The fourth-order valence-corrected chi connectivity index (χ4v) is 4.33. The summed E-state index contributed by atoms with van der Waals surface area (Å²) in [4.78, 5) is 20.9. The van der Waals surface area contributed by atoms with Gasteiger partial charge in [0.2, 0.25) is 0 Å². The molecule has 0 radical (unpaired) electrons. The first-order valence-corrected chi connectivity index (χ1v) is 10.1. The molecule has 1 N–H and O–H groups in total. The van der Waals surface area contributed by atoms with Crippen LogP contribution in [0.2, 0.25) is 0 Å². The highest BCUT2D eigenvalue weighted by atomic mass is 32.1. The number of carbonyl (C=O) groups excluding carboxylic acids is 1. The molecule has 4 rings (SSSR count). The third-order valence-corrected chi connectivity index (χ3v) is 6.03. The smallest absolute Gasteiger partial charge is 0.270 e. The topological polar surface area (TPSA) is 66.9 Å². The zero-order valence-corrected chi connectivity index (χ0v) is 16.4. The van der Waals surface area contributed by atoms with Gasteiger partial charge in [0.15, 0.2) is 16.6 Å². The molecule has 2 aromatic rings. The van der Waals surface area contributed by atoms with Gasteiger partial charge in [-0.15, -0.1) is 11.3 Å². The fraction of sp³-hybridized carbons (Fsp3) is 0.474. The molecule has 1 aromatic carbocycles. The van der Waals surface area contributed by atoms with Gasteiger partial charge in [-0.2, -0.15) is 0 Å². The lowest BCUT2D eigenvalue weighted by atomic mass is 10.1. The van der Waals surface area contributed by atoms with Crippen LogP contribution in [0, 0.1) is 0 Å². The van der Waals surface area contributed by atoms with Crippen molar-refractivity contribution in [3.63, 3.8) is 0 Å². The van der Waals surface area contributed by atoms with E-state index in [1.165, 1.54) is 16.9 Å². The molecular formula is C19H24N4O3S. The van der Waals surface area contributed by atoms with E-state index in [2.05, 4.69) is 39.2 Å². The molecule has 0 bridgehead atoms. The van der Waals surface area contributed by atoms with Crippen LogP contribution in [-0.2, 0) is 0 Å². The van der Waals surface area contributed by atoms with Gasteiger partial charge in [0.05, 0.1) is 0 Å². The van der Waals surface area contributed by atoms with E-state index >= 15 is 0 Å². The second-order valence-corrected chi connectivity index (χ2v) is 7.53. The average molecular weight is 388 g/mol. The summed E-state index contributed by atoms with van der Waals surface area (Å²) in [6.07, 6.45) is 0. The molecule has 2 aliphatic rings. The average Bonchev–Trinajstić information content (AvgIpc) is 3.22. The van der Waals surface area contributed by atoms with Crippen LogP contribution in [0.3, 0.4) is 0 Å². The van der Waals surface area contributed by atoms with Crippen molar-refractivity contribution in [2.24, 2.45) is 0 Å². The van der Waals surface area contributed by atoms with Crippen LogP contribution < -0.4 is 19.7 Å². The molecule has 1 aromatic heterocycles. The number of aromatic nitrogens is 1. The summed E-state index contributed by atoms with van der Waals surface area (Å²) in [5, 5.41) is 5.35. The number of carbonyl (C=O) groups is 1. The maximum Gasteiger partial charge on any atom is 0.270 e. The number of nitrogens with one attached hydrogen (secondary N) is 1. The molecular weight excluding hydrogens is 364 g/mol. The van der Waals surface area contributed by atoms with Crippen molar-refractivity contribution in [1.82, 2.24) is 15.2 Å². The molecule has 0 aliphatic carbocycles. The van der Waals surface area contributed by atoms with Crippen molar-refractivity contribution in [1.29, 1.82) is 0 Å². The number of rotatable bonds is 4. The minimum Gasteiger partial charge on any atom is -0.486 e. The predicted molar refractivity (Wildman–Crippen MR) is 105 cm³/mol. The van der Waals surface area contributed by atoms with E-state index < -0.39 is 0 Å². The van der Waals surface area contributed by atoms with E-state index in [1.54, 1.807) is 7.05 Å². The highest BCUT2D eigenvalue weighted by Gasteiger charge is 2.25. The van der Waals surface area contributed by atoms with Crippen LogP contribution in [-0.4, -0.2) is 62.2 Å². The Bertz CT molecular complexity index is 817. The summed E-state index contributed by atoms with van der Waals surface area (Å²) in [6, 6.07) is 6.54. The van der Waals surface area contributed by atoms with E-state index in [1.807, 2.05) is 11.4 Å². The summed E-state index contributed by atoms with van der Waals surface area (Å²) in [6.45, 7) is 7.14. The van der Waals surface area contributed by atoms with Crippen molar-refractivity contribution in [3.8, 4) is 11.5 Å². The molecule has 2 aliphatic heterocycles. The SMILES string of the molecule is CNC(=O)c1csc(N2CCN([C@@H](C)c3ccc4c(c3)OCCO4)CC2)n1. The monoisotopic (exact) mass is 388 g/mol. The summed E-state index contributed by atoms with van der Waals surface area (Å²) in [7, 11) is 1.62. The van der Waals surface area contributed by atoms with E-state index in [0.717, 1.165) is 42.8 Å². The minimum absolute atomic E-state index is 0.136. The number of thiazole rings is 1. The van der Waals surface area contributed by atoms with Gasteiger partial charge in [-0.1, -0.05) is 6.07 Å². The summed E-state index contributed by atoms with van der Waals surface area (Å²) in [5.74, 6) is 1.54. The van der Waals surface area contributed by atoms with Crippen LogP contribution in [0.15, 0.2) is 23.6 Å². The first kappa shape index (κ1) is 18.1. The van der Waals surface area contributed by atoms with E-state index in [-0.39, 0.29) is 5.91 Å². The number of nitrogens with zero attached hydrogens (tertiary/aromatic N) is 3. The number of fused-ring (bicyclic) bond motifs is 1. The number of hydrogen-bond acceptors (Lipinski definition) is 7. The summed E-state index contributed by atoms with van der Waals surface area (Å²) < 4.78 is 11.3. The molecule has 0 spiro atoms. The minimum atomic E-state index is -0.136. The molecule has 7 nitrogen and oxygen atoms in total. The summed E-state index contributed by atoms with van der Waals surface area (Å²) in [5.41, 5.74) is 1.73. The van der Waals surface area contributed by atoms with Gasteiger partial charge in [-0.25, -0.2) is 4.98 Å². The Hall–Kier alpha value is -2.32. The van der Waals surface area contributed by atoms with Gasteiger partial charge in [0.25, 0.3) is 5.91 Å². The number of hydrogen-bond donors (Lipinski definition) is 1. The fourth-order valence-electron chi connectivity index (χ4n) is 3.47. The van der Waals surface area contributed by atoms with Crippen LogP contribution in [0.5, 0.6) is 11.5 Å². The van der Waals surface area contributed by atoms with Crippen LogP contribution in [0.1, 0.15) is 29.0 Å². The summed E-state index contributed by atoms with van der Waals surface area (Å²) >= 11 is 1.53. The molecule has 1 amide bonds. The van der Waals surface area contributed by atoms with Crippen molar-refractivity contribution in [3.05, 3.63) is 34.8 Å². The largest absolute Gasteiger partial charge is 0.486 e. The van der Waals surface area contributed by atoms with Crippen molar-refractivity contribution in [2.45, 2.75) is 13.0 Å². The molecule has 3 heterocycles. The lowest BCUT2D eigenvalue weighted by Crippen LogP contribution is -2.47. The number of benzene rings is 1. The van der Waals surface area contributed by atoms with Crippen LogP contribution >= 0.6 is 11.3 Å². The Morgan fingerprint density at radius 1 is 1.19 bits per heavy atom. The van der Waals surface area contributed by atoms with Gasteiger partial charge in [0, 0.05) is 44.6 Å². The van der Waals surface area contributed by atoms with Gasteiger partial charge in [0.1, 0.15) is 18.9 Å². The number of anilines is 1. The highest BCUT2D eigenvalue weighted by molar-refractivity contribution is 7.13. The maximum atomic E-state index is 11.7. The quantitative estimate of drug-likeness (QED) is 0.866. The van der Waals surface area contributed by atoms with Gasteiger partial charge < -0.3 is 19.7 Å².